The molecule has 0 bridgehead atoms. The zero-order chi connectivity index (χ0) is 22.6. The fourth-order valence-corrected chi connectivity index (χ4v) is 2.29. The van der Waals surface area contributed by atoms with Gasteiger partial charge in [0.1, 0.15) is 18.0 Å². The fraction of sp³-hybridized carbons (Fsp3) is 0.619. The van der Waals surface area contributed by atoms with E-state index < -0.39 is 11.7 Å². The topological polar surface area (TPSA) is 122 Å². The summed E-state index contributed by atoms with van der Waals surface area (Å²) >= 11 is 0. The molecule has 0 atom stereocenters. The summed E-state index contributed by atoms with van der Waals surface area (Å²) in [5.41, 5.74) is 5.73. The molecule has 1 heterocycles. The molecule has 0 aliphatic rings. The Labute approximate surface area is 179 Å². The summed E-state index contributed by atoms with van der Waals surface area (Å²) in [4.78, 5) is 33.7. The summed E-state index contributed by atoms with van der Waals surface area (Å²) in [6, 6.07) is 0. The number of hydrogen-bond donors (Lipinski definition) is 3. The second-order valence-electron chi connectivity index (χ2n) is 7.67. The monoisotopic (exact) mass is 418 g/mol. The number of unbranched alkanes of at least 4 members (excludes halogenated alkanes) is 1. The highest BCUT2D eigenvalue weighted by Gasteiger charge is 2.22. The molecular formula is C21H34N6O3. The third kappa shape index (κ3) is 9.96. The second-order valence-corrected chi connectivity index (χ2v) is 7.67. The van der Waals surface area contributed by atoms with Crippen molar-refractivity contribution in [3.05, 3.63) is 11.8 Å². The molecule has 0 aliphatic carbocycles. The Morgan fingerprint density at radius 1 is 1.27 bits per heavy atom. The molecule has 30 heavy (non-hydrogen) atoms. The number of nitrogens with one attached hydrogen (secondary N) is 2. The lowest BCUT2D eigenvalue weighted by Crippen LogP contribution is -2.43. The van der Waals surface area contributed by atoms with Crippen molar-refractivity contribution in [3.8, 4) is 11.8 Å². The van der Waals surface area contributed by atoms with Gasteiger partial charge in [-0.1, -0.05) is 18.8 Å². The second kappa shape index (κ2) is 12.5. The quantitative estimate of drug-likeness (QED) is 0.416. The largest absolute Gasteiger partial charge is 0.444 e. The SMILES string of the molecule is CCCNc1nc(N)ncc1C#CCCCNC(=O)CN(CC)C(=O)OC(C)(C)C. The number of aromatic nitrogens is 2. The molecule has 0 aliphatic heterocycles. The molecule has 0 fully saturated rings. The smallest absolute Gasteiger partial charge is 0.410 e. The van der Waals surface area contributed by atoms with Gasteiger partial charge in [-0.15, -0.1) is 0 Å². The highest BCUT2D eigenvalue weighted by molar-refractivity contribution is 5.82. The Kier molecular flexibility index (Phi) is 10.4. The van der Waals surface area contributed by atoms with Gasteiger partial charge >= 0.3 is 6.09 Å². The van der Waals surface area contributed by atoms with Crippen LogP contribution >= 0.6 is 0 Å². The molecule has 9 nitrogen and oxygen atoms in total. The summed E-state index contributed by atoms with van der Waals surface area (Å²) in [6.07, 6.45) is 3.35. The lowest BCUT2D eigenvalue weighted by molar-refractivity contribution is -0.122. The number of carbonyl (C=O) groups is 2. The van der Waals surface area contributed by atoms with E-state index in [1.54, 1.807) is 33.9 Å². The van der Waals surface area contributed by atoms with Crippen LogP contribution in [0.1, 0.15) is 59.4 Å². The minimum Gasteiger partial charge on any atom is -0.444 e. The molecule has 0 aromatic carbocycles. The van der Waals surface area contributed by atoms with Gasteiger partial charge in [-0.3, -0.25) is 9.69 Å². The molecule has 0 saturated carbocycles. The number of hydrogen-bond acceptors (Lipinski definition) is 7. The maximum Gasteiger partial charge on any atom is 0.410 e. The molecule has 0 radical (unpaired) electrons. The zero-order valence-electron chi connectivity index (χ0n) is 18.7. The molecule has 0 unspecified atom stereocenters. The maximum atomic E-state index is 12.1. The Morgan fingerprint density at radius 3 is 2.63 bits per heavy atom. The van der Waals surface area contributed by atoms with Crippen molar-refractivity contribution >= 4 is 23.8 Å². The minimum atomic E-state index is -0.596. The predicted octanol–water partition coefficient (Wildman–Crippen LogP) is 2.39. The number of nitrogens with two attached hydrogens (primary N) is 1. The molecule has 1 aromatic heterocycles. The number of likely N-dealkylation sites (N-methyl/N-ethyl adjacent to an activating group) is 1. The summed E-state index contributed by atoms with van der Waals surface area (Å²) < 4.78 is 5.30. The predicted molar refractivity (Wildman–Crippen MR) is 118 cm³/mol. The van der Waals surface area contributed by atoms with Crippen molar-refractivity contribution in [2.45, 2.75) is 59.5 Å². The number of amides is 2. The van der Waals surface area contributed by atoms with Gasteiger partial charge in [-0.2, -0.15) is 4.98 Å². The Bertz CT molecular complexity index is 764. The van der Waals surface area contributed by atoms with Crippen LogP contribution in [0.5, 0.6) is 0 Å². The van der Waals surface area contributed by atoms with Crippen molar-refractivity contribution in [1.29, 1.82) is 0 Å². The van der Waals surface area contributed by atoms with Crippen LogP contribution in [0.15, 0.2) is 6.20 Å². The van der Waals surface area contributed by atoms with Crippen molar-refractivity contribution in [2.24, 2.45) is 0 Å². The summed E-state index contributed by atoms with van der Waals surface area (Å²) in [5.74, 6) is 6.71. The van der Waals surface area contributed by atoms with Gasteiger partial charge in [-0.25, -0.2) is 9.78 Å². The highest BCUT2D eigenvalue weighted by Crippen LogP contribution is 2.11. The number of nitrogen functional groups attached to an aromatic ring is 1. The van der Waals surface area contributed by atoms with Crippen LogP contribution in [0.4, 0.5) is 16.6 Å². The molecule has 166 valence electrons. The average molecular weight is 419 g/mol. The lowest BCUT2D eigenvalue weighted by atomic mass is 10.2. The van der Waals surface area contributed by atoms with Crippen LogP contribution < -0.4 is 16.4 Å². The number of nitrogens with zero attached hydrogens (tertiary/aromatic N) is 3. The van der Waals surface area contributed by atoms with Gasteiger partial charge in [0.25, 0.3) is 0 Å². The van der Waals surface area contributed by atoms with E-state index in [4.69, 9.17) is 10.5 Å². The summed E-state index contributed by atoms with van der Waals surface area (Å²) in [5, 5.41) is 5.99. The van der Waals surface area contributed by atoms with Crippen LogP contribution in [0.2, 0.25) is 0 Å². The van der Waals surface area contributed by atoms with Crippen LogP contribution in [0, 0.1) is 11.8 Å². The van der Waals surface area contributed by atoms with Gasteiger partial charge in [0.05, 0.1) is 11.8 Å². The van der Waals surface area contributed by atoms with E-state index >= 15 is 0 Å². The van der Waals surface area contributed by atoms with Gasteiger partial charge in [0, 0.05) is 26.1 Å². The Morgan fingerprint density at radius 2 is 2.00 bits per heavy atom. The van der Waals surface area contributed by atoms with E-state index in [2.05, 4.69) is 39.4 Å². The molecule has 4 N–H and O–H groups in total. The van der Waals surface area contributed by atoms with Crippen molar-refractivity contribution in [3.63, 3.8) is 0 Å². The summed E-state index contributed by atoms with van der Waals surface area (Å²) in [6.45, 7) is 10.8. The van der Waals surface area contributed by atoms with E-state index in [0.29, 0.717) is 37.3 Å². The zero-order valence-corrected chi connectivity index (χ0v) is 18.7. The number of carbonyl (C=O) groups excluding carboxylic acids is 2. The number of ether oxygens (including phenoxy) is 1. The van der Waals surface area contributed by atoms with E-state index in [1.807, 2.05) is 0 Å². The maximum absolute atomic E-state index is 12.1. The van der Waals surface area contributed by atoms with Crippen molar-refractivity contribution in [2.75, 3.05) is 37.2 Å². The normalized spacial score (nSPS) is 10.6. The minimum absolute atomic E-state index is 0.0354. The Balaban J connectivity index is 2.43. The van der Waals surface area contributed by atoms with E-state index in [0.717, 1.165) is 13.0 Å². The van der Waals surface area contributed by atoms with E-state index in [1.165, 1.54) is 4.90 Å². The molecule has 1 aromatic rings. The first-order valence-corrected chi connectivity index (χ1v) is 10.3. The van der Waals surface area contributed by atoms with Crippen LogP contribution in [-0.2, 0) is 9.53 Å². The van der Waals surface area contributed by atoms with Gasteiger partial charge < -0.3 is 21.1 Å². The summed E-state index contributed by atoms with van der Waals surface area (Å²) in [7, 11) is 0. The highest BCUT2D eigenvalue weighted by atomic mass is 16.6. The first-order valence-electron chi connectivity index (χ1n) is 10.3. The average Bonchev–Trinajstić information content (AvgIpc) is 2.66. The Hall–Kier alpha value is -3.02. The molecule has 0 saturated heterocycles. The molecular weight excluding hydrogens is 384 g/mol. The molecule has 0 spiro atoms. The number of rotatable bonds is 9. The first-order chi connectivity index (χ1) is 14.2. The van der Waals surface area contributed by atoms with Crippen molar-refractivity contribution in [1.82, 2.24) is 20.2 Å². The van der Waals surface area contributed by atoms with Crippen LogP contribution in [-0.4, -0.2) is 58.6 Å². The number of anilines is 2. The van der Waals surface area contributed by atoms with Gasteiger partial charge in [-0.05, 0) is 40.5 Å². The third-order valence-corrected chi connectivity index (χ3v) is 3.74. The standard InChI is InChI=1S/C21H34N6O3/c1-6-12-24-18-16(14-25-19(22)26-18)11-9-8-10-13-23-17(28)15-27(7-2)20(29)30-21(3,4)5/h14H,6-8,10,12-13,15H2,1-5H3,(H,23,28)(H3,22,24,25,26). The van der Waals surface area contributed by atoms with Gasteiger partial charge in [0.2, 0.25) is 11.9 Å². The third-order valence-electron chi connectivity index (χ3n) is 3.74. The molecule has 1 rings (SSSR count). The van der Waals surface area contributed by atoms with Crippen molar-refractivity contribution < 1.29 is 14.3 Å². The molecule has 2 amide bonds. The van der Waals surface area contributed by atoms with E-state index in [-0.39, 0.29) is 18.4 Å². The van der Waals surface area contributed by atoms with Crippen LogP contribution in [0.3, 0.4) is 0 Å². The lowest BCUT2D eigenvalue weighted by Gasteiger charge is -2.26. The fourth-order valence-electron chi connectivity index (χ4n) is 2.29. The van der Waals surface area contributed by atoms with Gasteiger partial charge in [0.15, 0.2) is 0 Å². The first kappa shape index (κ1) is 25.0. The van der Waals surface area contributed by atoms with Crippen LogP contribution in [0.25, 0.3) is 0 Å². The molecule has 9 heteroatoms. The van der Waals surface area contributed by atoms with E-state index in [9.17, 15) is 9.59 Å².